The molecule has 0 amide bonds. The molecular weight excluding hydrogens is 480 g/mol. The quantitative estimate of drug-likeness (QED) is 0.218. The fraction of sp³-hybridized carbons (Fsp3) is 0.200. The second kappa shape index (κ2) is 9.49. The molecule has 0 bridgehead atoms. The van der Waals surface area contributed by atoms with E-state index in [1.165, 1.54) is 61.2 Å². The van der Waals surface area contributed by atoms with Crippen LogP contribution < -0.4 is 0 Å². The average molecular weight is 517 g/mol. The number of fused-ring (bicyclic) bond motifs is 4. The largest absolute Gasteiger partial charge is 0.0751 e. The first-order valence-electron chi connectivity index (χ1n) is 14.6. The first-order valence-corrected chi connectivity index (χ1v) is 14.6. The first kappa shape index (κ1) is 24.9. The van der Waals surface area contributed by atoms with Gasteiger partial charge in [-0.05, 0) is 69.8 Å². The molecule has 0 nitrogen and oxygen atoms in total. The fourth-order valence-electron chi connectivity index (χ4n) is 7.54. The maximum absolute atomic E-state index is 2.50. The van der Waals surface area contributed by atoms with Gasteiger partial charge >= 0.3 is 0 Å². The summed E-state index contributed by atoms with van der Waals surface area (Å²) in [6.45, 7) is 9.04. The SMILES string of the molecule is Cc1ccc2c(c1)C(C(c1ccccc1)(c1ccccc1)C1C=Cc3cc(C(C)C)ccc31)c1cc(C)ccc1-2. The Balaban J connectivity index is 1.61. The predicted molar refractivity (Wildman–Crippen MR) is 169 cm³/mol. The van der Waals surface area contributed by atoms with Gasteiger partial charge in [-0.3, -0.25) is 0 Å². The second-order valence-electron chi connectivity index (χ2n) is 12.1. The molecule has 5 aromatic rings. The van der Waals surface area contributed by atoms with Gasteiger partial charge in [0.25, 0.3) is 0 Å². The van der Waals surface area contributed by atoms with E-state index >= 15 is 0 Å². The van der Waals surface area contributed by atoms with Crippen molar-refractivity contribution >= 4 is 6.08 Å². The topological polar surface area (TPSA) is 0 Å². The Hall–Kier alpha value is -4.16. The lowest BCUT2D eigenvalue weighted by atomic mass is 9.55. The standard InChI is InChI=1S/C40H36/c1-26(2)29-17-21-33-30(25-29)18-22-38(33)40(31-11-7-5-8-12-31,32-13-9-6-10-14-32)39-36-23-27(3)15-19-34(36)35-20-16-28(4)24-37(35)39/h5-26,38-39H,1-4H3. The zero-order valence-corrected chi connectivity index (χ0v) is 23.9. The molecule has 0 N–H and O–H groups in total. The molecule has 0 saturated carbocycles. The van der Waals surface area contributed by atoms with E-state index in [1.54, 1.807) is 0 Å². The fourth-order valence-corrected chi connectivity index (χ4v) is 7.54. The van der Waals surface area contributed by atoms with Crippen LogP contribution in [-0.2, 0) is 5.41 Å². The van der Waals surface area contributed by atoms with Gasteiger partial charge in [0.15, 0.2) is 0 Å². The Labute approximate surface area is 239 Å². The Morgan fingerprint density at radius 3 is 1.65 bits per heavy atom. The molecule has 0 fully saturated rings. The van der Waals surface area contributed by atoms with Crippen molar-refractivity contribution < 1.29 is 0 Å². The van der Waals surface area contributed by atoms with Crippen molar-refractivity contribution in [3.05, 3.63) is 171 Å². The molecule has 1 atom stereocenters. The van der Waals surface area contributed by atoms with E-state index in [1.807, 2.05) is 0 Å². The molecule has 0 aromatic heterocycles. The molecule has 5 aromatic carbocycles. The zero-order chi connectivity index (χ0) is 27.4. The number of hydrogen-bond acceptors (Lipinski definition) is 0. The van der Waals surface area contributed by atoms with E-state index in [-0.39, 0.29) is 17.3 Å². The molecule has 2 aliphatic rings. The van der Waals surface area contributed by atoms with Gasteiger partial charge < -0.3 is 0 Å². The minimum absolute atomic E-state index is 0.160. The van der Waals surface area contributed by atoms with Crippen LogP contribution in [0.2, 0.25) is 0 Å². The van der Waals surface area contributed by atoms with E-state index in [2.05, 4.69) is 155 Å². The summed E-state index contributed by atoms with van der Waals surface area (Å²) in [5.74, 6) is 0.844. The molecule has 7 rings (SSSR count). The van der Waals surface area contributed by atoms with E-state index in [0.29, 0.717) is 5.92 Å². The molecular formula is C40H36. The van der Waals surface area contributed by atoms with Gasteiger partial charge in [-0.25, -0.2) is 0 Å². The second-order valence-corrected chi connectivity index (χ2v) is 12.1. The predicted octanol–water partition coefficient (Wildman–Crippen LogP) is 10.3. The van der Waals surface area contributed by atoms with Crippen LogP contribution in [0.5, 0.6) is 0 Å². The van der Waals surface area contributed by atoms with E-state index in [4.69, 9.17) is 0 Å². The summed E-state index contributed by atoms with van der Waals surface area (Å²) in [5, 5.41) is 0. The normalized spacial score (nSPS) is 15.8. The number of aryl methyl sites for hydroxylation is 2. The van der Waals surface area contributed by atoms with Crippen molar-refractivity contribution in [2.75, 3.05) is 0 Å². The van der Waals surface area contributed by atoms with Gasteiger partial charge in [0.2, 0.25) is 0 Å². The van der Waals surface area contributed by atoms with Gasteiger partial charge in [0.1, 0.15) is 0 Å². The van der Waals surface area contributed by atoms with Gasteiger partial charge in [-0.1, -0.05) is 152 Å². The molecule has 196 valence electrons. The van der Waals surface area contributed by atoms with Crippen molar-refractivity contribution in [3.63, 3.8) is 0 Å². The number of hydrogen-bond donors (Lipinski definition) is 0. The summed E-state index contributed by atoms with van der Waals surface area (Å²) in [7, 11) is 0. The summed E-state index contributed by atoms with van der Waals surface area (Å²) >= 11 is 0. The van der Waals surface area contributed by atoms with Crippen LogP contribution in [-0.4, -0.2) is 0 Å². The van der Waals surface area contributed by atoms with Crippen LogP contribution in [0, 0.1) is 13.8 Å². The van der Waals surface area contributed by atoms with Crippen LogP contribution >= 0.6 is 0 Å². The molecule has 1 unspecified atom stereocenters. The van der Waals surface area contributed by atoms with Gasteiger partial charge in [-0.15, -0.1) is 0 Å². The minimum atomic E-state index is -0.342. The Kier molecular flexibility index (Phi) is 5.90. The summed E-state index contributed by atoms with van der Waals surface area (Å²) < 4.78 is 0. The van der Waals surface area contributed by atoms with E-state index in [0.717, 1.165) is 0 Å². The Morgan fingerprint density at radius 1 is 0.575 bits per heavy atom. The van der Waals surface area contributed by atoms with Crippen LogP contribution in [0.1, 0.15) is 81.7 Å². The highest BCUT2D eigenvalue weighted by molar-refractivity contribution is 5.82. The van der Waals surface area contributed by atoms with Crippen molar-refractivity contribution in [3.8, 4) is 11.1 Å². The third-order valence-corrected chi connectivity index (χ3v) is 9.36. The van der Waals surface area contributed by atoms with E-state index in [9.17, 15) is 0 Å². The zero-order valence-electron chi connectivity index (χ0n) is 23.9. The highest BCUT2D eigenvalue weighted by atomic mass is 14.5. The lowest BCUT2D eigenvalue weighted by Crippen LogP contribution is -2.40. The molecule has 0 spiro atoms. The third kappa shape index (κ3) is 3.66. The highest BCUT2D eigenvalue weighted by Gasteiger charge is 2.53. The van der Waals surface area contributed by atoms with E-state index < -0.39 is 0 Å². The summed E-state index contributed by atoms with van der Waals surface area (Å²) in [4.78, 5) is 0. The van der Waals surface area contributed by atoms with Crippen LogP contribution in [0.4, 0.5) is 0 Å². The highest BCUT2D eigenvalue weighted by Crippen LogP contribution is 2.63. The molecule has 0 saturated heterocycles. The maximum atomic E-state index is 2.50. The average Bonchev–Trinajstić information content (AvgIpc) is 3.54. The summed E-state index contributed by atoms with van der Waals surface area (Å²) in [6.07, 6.45) is 4.88. The van der Waals surface area contributed by atoms with Crippen LogP contribution in [0.15, 0.2) is 121 Å². The molecule has 40 heavy (non-hydrogen) atoms. The lowest BCUT2D eigenvalue weighted by Gasteiger charge is -2.46. The van der Waals surface area contributed by atoms with Gasteiger partial charge in [0, 0.05) is 17.3 Å². The monoisotopic (exact) mass is 516 g/mol. The number of benzene rings is 5. The smallest absolute Gasteiger partial charge is 0.0415 e. The third-order valence-electron chi connectivity index (χ3n) is 9.36. The number of allylic oxidation sites excluding steroid dienone is 1. The number of rotatable bonds is 5. The van der Waals surface area contributed by atoms with Crippen LogP contribution in [0.3, 0.4) is 0 Å². The van der Waals surface area contributed by atoms with Crippen LogP contribution in [0.25, 0.3) is 17.2 Å². The minimum Gasteiger partial charge on any atom is -0.0751 e. The lowest BCUT2D eigenvalue weighted by molar-refractivity contribution is 0.416. The summed E-state index contributed by atoms with van der Waals surface area (Å²) in [6, 6.07) is 44.0. The Morgan fingerprint density at radius 2 is 1.12 bits per heavy atom. The van der Waals surface area contributed by atoms with Gasteiger partial charge in [-0.2, -0.15) is 0 Å². The molecule has 2 aliphatic carbocycles. The molecule has 0 radical (unpaired) electrons. The Bertz CT molecular complexity index is 1650. The molecule has 0 heterocycles. The van der Waals surface area contributed by atoms with Crippen molar-refractivity contribution in [2.45, 2.75) is 50.9 Å². The first-order chi connectivity index (χ1) is 19.5. The molecule has 0 aliphatic heterocycles. The van der Waals surface area contributed by atoms with Crippen molar-refractivity contribution in [1.29, 1.82) is 0 Å². The summed E-state index contributed by atoms with van der Waals surface area (Å²) in [5.41, 5.74) is 14.8. The maximum Gasteiger partial charge on any atom is 0.0415 e. The molecule has 0 heteroatoms. The van der Waals surface area contributed by atoms with Crippen molar-refractivity contribution in [1.82, 2.24) is 0 Å². The van der Waals surface area contributed by atoms with Gasteiger partial charge in [0.05, 0.1) is 0 Å². The van der Waals surface area contributed by atoms with Crippen molar-refractivity contribution in [2.24, 2.45) is 0 Å².